The Morgan fingerprint density at radius 3 is 2.65 bits per heavy atom. The van der Waals surface area contributed by atoms with Gasteiger partial charge in [-0.1, -0.05) is 18.2 Å². The van der Waals surface area contributed by atoms with Gasteiger partial charge in [-0.2, -0.15) is 0 Å². The summed E-state index contributed by atoms with van der Waals surface area (Å²) in [4.78, 5) is 2.90. The van der Waals surface area contributed by atoms with Crippen LogP contribution < -0.4 is 10.5 Å². The Hall–Kier alpha value is -1.79. The summed E-state index contributed by atoms with van der Waals surface area (Å²) in [6.07, 6.45) is 2.98. The van der Waals surface area contributed by atoms with Crippen LogP contribution in [-0.4, -0.2) is 13.4 Å². The third kappa shape index (κ3) is 2.48. The number of hydrogen-bond acceptors (Lipinski definition) is 3. The topological polar surface area (TPSA) is 88.0 Å². The monoisotopic (exact) mass is 251 g/mol. The molecule has 1 aromatic carbocycles. The molecule has 6 heteroatoms. The second-order valence-electron chi connectivity index (χ2n) is 3.51. The smallest absolute Gasteiger partial charge is 0.263 e. The van der Waals surface area contributed by atoms with Crippen LogP contribution >= 0.6 is 0 Å². The molecule has 0 saturated heterocycles. The standard InChI is InChI=1S/C11H13N3O2S/c12-7-9-3-1-2-4-11(9)14-17(15,16)10-5-6-13-8-10/h1-6,8,13-14H,7,12H2. The van der Waals surface area contributed by atoms with Gasteiger partial charge >= 0.3 is 0 Å². The fourth-order valence-electron chi connectivity index (χ4n) is 1.48. The van der Waals surface area contributed by atoms with E-state index in [0.29, 0.717) is 5.69 Å². The largest absolute Gasteiger partial charge is 0.366 e. The highest BCUT2D eigenvalue weighted by atomic mass is 32.2. The molecule has 2 aromatic rings. The summed E-state index contributed by atoms with van der Waals surface area (Å²) in [7, 11) is -3.54. The number of anilines is 1. The van der Waals surface area contributed by atoms with Crippen LogP contribution in [0.3, 0.4) is 0 Å². The number of nitrogens with one attached hydrogen (secondary N) is 2. The van der Waals surface area contributed by atoms with Gasteiger partial charge in [0.05, 0.1) is 5.69 Å². The van der Waals surface area contributed by atoms with Crippen molar-refractivity contribution in [1.82, 2.24) is 4.98 Å². The summed E-state index contributed by atoms with van der Waals surface area (Å²) >= 11 is 0. The molecule has 0 fully saturated rings. The van der Waals surface area contributed by atoms with Gasteiger partial charge in [-0.05, 0) is 17.7 Å². The third-order valence-corrected chi connectivity index (χ3v) is 3.72. The summed E-state index contributed by atoms with van der Waals surface area (Å²) in [6, 6.07) is 8.54. The van der Waals surface area contributed by atoms with Crippen LogP contribution in [0.2, 0.25) is 0 Å². The molecular weight excluding hydrogens is 238 g/mol. The van der Waals surface area contributed by atoms with E-state index < -0.39 is 10.0 Å². The molecule has 0 aliphatic carbocycles. The number of aromatic nitrogens is 1. The Morgan fingerprint density at radius 2 is 2.00 bits per heavy atom. The van der Waals surface area contributed by atoms with Gasteiger partial charge < -0.3 is 10.7 Å². The molecular formula is C11H13N3O2S. The van der Waals surface area contributed by atoms with Gasteiger partial charge in [0, 0.05) is 18.9 Å². The molecule has 0 spiro atoms. The minimum Gasteiger partial charge on any atom is -0.366 e. The lowest BCUT2D eigenvalue weighted by atomic mass is 10.2. The number of aromatic amines is 1. The maximum Gasteiger partial charge on any atom is 0.263 e. The fourth-order valence-corrected chi connectivity index (χ4v) is 2.55. The second kappa shape index (κ2) is 4.60. The first-order chi connectivity index (χ1) is 8.13. The quantitative estimate of drug-likeness (QED) is 0.764. The number of hydrogen-bond donors (Lipinski definition) is 3. The second-order valence-corrected chi connectivity index (χ2v) is 5.20. The van der Waals surface area contributed by atoms with Gasteiger partial charge in [-0.3, -0.25) is 4.72 Å². The average molecular weight is 251 g/mol. The van der Waals surface area contributed by atoms with E-state index in [0.717, 1.165) is 5.56 Å². The van der Waals surface area contributed by atoms with Gasteiger partial charge in [0.15, 0.2) is 0 Å². The molecule has 0 saturated carbocycles. The lowest BCUT2D eigenvalue weighted by Gasteiger charge is -2.10. The van der Waals surface area contributed by atoms with Crippen LogP contribution in [0.4, 0.5) is 5.69 Å². The molecule has 0 radical (unpaired) electrons. The van der Waals surface area contributed by atoms with Crippen LogP contribution in [0.1, 0.15) is 5.56 Å². The Bertz CT molecular complexity index is 591. The third-order valence-electron chi connectivity index (χ3n) is 2.36. The van der Waals surface area contributed by atoms with Crippen LogP contribution in [0.5, 0.6) is 0 Å². The Labute approximate surface area is 99.7 Å². The van der Waals surface area contributed by atoms with Crippen LogP contribution in [0, 0.1) is 0 Å². The molecule has 5 nitrogen and oxygen atoms in total. The lowest BCUT2D eigenvalue weighted by Crippen LogP contribution is -2.14. The molecule has 1 aromatic heterocycles. The number of sulfonamides is 1. The predicted octanol–water partition coefficient (Wildman–Crippen LogP) is 1.27. The summed E-state index contributed by atoms with van der Waals surface area (Å²) < 4.78 is 26.4. The SMILES string of the molecule is NCc1ccccc1NS(=O)(=O)c1cc[nH]c1. The molecule has 0 unspecified atom stereocenters. The molecule has 90 valence electrons. The summed E-state index contributed by atoms with van der Waals surface area (Å²) in [5, 5.41) is 0. The summed E-state index contributed by atoms with van der Waals surface area (Å²) in [5.74, 6) is 0. The van der Waals surface area contributed by atoms with Crippen molar-refractivity contribution in [3.05, 3.63) is 48.3 Å². The van der Waals surface area contributed by atoms with E-state index in [1.807, 2.05) is 6.07 Å². The Kier molecular flexibility index (Phi) is 3.16. The lowest BCUT2D eigenvalue weighted by molar-refractivity contribution is 0.601. The number of benzene rings is 1. The van der Waals surface area contributed by atoms with Gasteiger partial charge in [0.25, 0.3) is 10.0 Å². The number of nitrogens with two attached hydrogens (primary N) is 1. The molecule has 0 bridgehead atoms. The zero-order valence-electron chi connectivity index (χ0n) is 9.05. The first-order valence-electron chi connectivity index (χ1n) is 5.07. The zero-order chi connectivity index (χ0) is 12.3. The first-order valence-corrected chi connectivity index (χ1v) is 6.55. The van der Waals surface area contributed by atoms with Crippen LogP contribution in [0.25, 0.3) is 0 Å². The minimum absolute atomic E-state index is 0.198. The fraction of sp³-hybridized carbons (Fsp3) is 0.0909. The van der Waals surface area contributed by atoms with Crippen LogP contribution in [0.15, 0.2) is 47.6 Å². The van der Waals surface area contributed by atoms with Gasteiger partial charge in [-0.25, -0.2) is 8.42 Å². The maximum atomic E-state index is 12.0. The molecule has 0 amide bonds. The Balaban J connectivity index is 2.33. The predicted molar refractivity (Wildman–Crippen MR) is 65.9 cm³/mol. The van der Waals surface area contributed by atoms with Gasteiger partial charge in [-0.15, -0.1) is 0 Å². The highest BCUT2D eigenvalue weighted by molar-refractivity contribution is 7.92. The highest BCUT2D eigenvalue weighted by Gasteiger charge is 2.15. The minimum atomic E-state index is -3.54. The first kappa shape index (κ1) is 11.7. The van der Waals surface area contributed by atoms with Crippen molar-refractivity contribution in [2.24, 2.45) is 5.73 Å². The molecule has 0 aliphatic rings. The normalized spacial score (nSPS) is 11.4. The van der Waals surface area contributed by atoms with E-state index in [9.17, 15) is 8.42 Å². The van der Waals surface area contributed by atoms with Crippen molar-refractivity contribution in [2.45, 2.75) is 11.4 Å². The number of rotatable bonds is 4. The molecule has 2 rings (SSSR count). The summed E-state index contributed by atoms with van der Waals surface area (Å²) in [5.41, 5.74) is 6.81. The van der Waals surface area contributed by atoms with E-state index >= 15 is 0 Å². The van der Waals surface area contributed by atoms with E-state index in [-0.39, 0.29) is 11.4 Å². The van der Waals surface area contributed by atoms with Crippen molar-refractivity contribution in [2.75, 3.05) is 4.72 Å². The van der Waals surface area contributed by atoms with E-state index in [1.54, 1.807) is 24.4 Å². The van der Waals surface area contributed by atoms with E-state index in [1.165, 1.54) is 12.3 Å². The van der Waals surface area contributed by atoms with Crippen LogP contribution in [-0.2, 0) is 16.6 Å². The number of para-hydroxylation sites is 1. The zero-order valence-corrected chi connectivity index (χ0v) is 9.87. The number of H-pyrrole nitrogens is 1. The van der Waals surface area contributed by atoms with Crippen molar-refractivity contribution < 1.29 is 8.42 Å². The van der Waals surface area contributed by atoms with Crippen molar-refractivity contribution >= 4 is 15.7 Å². The van der Waals surface area contributed by atoms with E-state index in [4.69, 9.17) is 5.73 Å². The Morgan fingerprint density at radius 1 is 1.24 bits per heavy atom. The van der Waals surface area contributed by atoms with Crippen molar-refractivity contribution in [1.29, 1.82) is 0 Å². The maximum absolute atomic E-state index is 12.0. The molecule has 0 atom stereocenters. The van der Waals surface area contributed by atoms with Gasteiger partial charge in [0.2, 0.25) is 0 Å². The van der Waals surface area contributed by atoms with Crippen molar-refractivity contribution in [3.8, 4) is 0 Å². The van der Waals surface area contributed by atoms with Crippen molar-refractivity contribution in [3.63, 3.8) is 0 Å². The molecule has 17 heavy (non-hydrogen) atoms. The highest BCUT2D eigenvalue weighted by Crippen LogP contribution is 2.19. The van der Waals surface area contributed by atoms with Gasteiger partial charge in [0.1, 0.15) is 4.90 Å². The average Bonchev–Trinajstić information content (AvgIpc) is 2.83. The summed E-state index contributed by atoms with van der Waals surface area (Å²) in [6.45, 7) is 0.284. The molecule has 1 heterocycles. The van der Waals surface area contributed by atoms with E-state index in [2.05, 4.69) is 9.71 Å². The molecule has 0 aliphatic heterocycles. The molecule has 4 N–H and O–H groups in total.